The average Bonchev–Trinajstić information content (AvgIpc) is 2.74. The predicted molar refractivity (Wildman–Crippen MR) is 109 cm³/mol. The molecule has 2 saturated heterocycles. The third kappa shape index (κ3) is 3.91. The molecule has 0 saturated carbocycles. The molecule has 1 aromatic rings. The lowest BCUT2D eigenvalue weighted by Gasteiger charge is -2.35. The van der Waals surface area contributed by atoms with E-state index in [9.17, 15) is 18.0 Å². The van der Waals surface area contributed by atoms with Crippen LogP contribution in [0.3, 0.4) is 0 Å². The summed E-state index contributed by atoms with van der Waals surface area (Å²) in [6.45, 7) is 6.21. The summed E-state index contributed by atoms with van der Waals surface area (Å²) in [6, 6.07) is 3.11. The standard InChI is InChI=1S/C20H27N3O6S/c1-13-11-16-17(29-14(2)19(24)21-16)12-18(13)30(26,27)23-5-3-15(4-6-23)20(25)22-7-9-28-10-8-22/h11-12,14-15H,3-10H2,1-2H3,(H,21,24). The van der Waals surface area contributed by atoms with E-state index < -0.39 is 16.1 Å². The van der Waals surface area contributed by atoms with Gasteiger partial charge < -0.3 is 19.7 Å². The van der Waals surface area contributed by atoms with Crippen LogP contribution in [-0.4, -0.2) is 74.9 Å². The Balaban J connectivity index is 1.48. The Kier molecular flexibility index (Phi) is 5.73. The van der Waals surface area contributed by atoms with Gasteiger partial charge in [-0.05, 0) is 38.3 Å². The van der Waals surface area contributed by atoms with E-state index in [-0.39, 0.29) is 22.6 Å². The highest BCUT2D eigenvalue weighted by molar-refractivity contribution is 7.89. The van der Waals surface area contributed by atoms with Crippen molar-refractivity contribution in [2.24, 2.45) is 5.92 Å². The summed E-state index contributed by atoms with van der Waals surface area (Å²) in [5.74, 6) is 0.0326. The van der Waals surface area contributed by atoms with Crippen molar-refractivity contribution in [2.45, 2.75) is 37.7 Å². The number of fused-ring (bicyclic) bond motifs is 1. The normalized spacial score (nSPS) is 23.5. The van der Waals surface area contributed by atoms with Gasteiger partial charge in [0.25, 0.3) is 5.91 Å². The topological polar surface area (TPSA) is 105 Å². The molecule has 1 atom stereocenters. The van der Waals surface area contributed by atoms with Crippen molar-refractivity contribution in [3.05, 3.63) is 17.7 Å². The minimum atomic E-state index is -3.74. The van der Waals surface area contributed by atoms with Crippen LogP contribution in [0.25, 0.3) is 0 Å². The van der Waals surface area contributed by atoms with Crippen molar-refractivity contribution in [1.82, 2.24) is 9.21 Å². The van der Waals surface area contributed by atoms with E-state index in [0.29, 0.717) is 69.2 Å². The van der Waals surface area contributed by atoms with Gasteiger partial charge in [0.15, 0.2) is 6.10 Å². The van der Waals surface area contributed by atoms with Crippen molar-refractivity contribution in [1.29, 1.82) is 0 Å². The van der Waals surface area contributed by atoms with Crippen molar-refractivity contribution in [2.75, 3.05) is 44.7 Å². The molecule has 0 spiro atoms. The molecule has 9 nitrogen and oxygen atoms in total. The van der Waals surface area contributed by atoms with Crippen molar-refractivity contribution in [3.8, 4) is 5.75 Å². The molecule has 1 N–H and O–H groups in total. The van der Waals surface area contributed by atoms with Crippen molar-refractivity contribution >= 4 is 27.5 Å². The lowest BCUT2D eigenvalue weighted by Crippen LogP contribution is -2.47. The van der Waals surface area contributed by atoms with Crippen molar-refractivity contribution in [3.63, 3.8) is 0 Å². The Bertz CT molecular complexity index is 950. The number of nitrogens with zero attached hydrogens (tertiary/aromatic N) is 2. The highest BCUT2D eigenvalue weighted by Gasteiger charge is 2.36. The number of piperidine rings is 1. The third-order valence-electron chi connectivity index (χ3n) is 5.95. The highest BCUT2D eigenvalue weighted by Crippen LogP contribution is 2.36. The number of amides is 2. The number of rotatable bonds is 3. The maximum absolute atomic E-state index is 13.3. The minimum Gasteiger partial charge on any atom is -0.479 e. The van der Waals surface area contributed by atoms with Gasteiger partial charge >= 0.3 is 0 Å². The molecule has 2 fully saturated rings. The predicted octanol–water partition coefficient (Wildman–Crippen LogP) is 0.974. The summed E-state index contributed by atoms with van der Waals surface area (Å²) in [5.41, 5.74) is 1.02. The first kappa shape index (κ1) is 21.1. The summed E-state index contributed by atoms with van der Waals surface area (Å²) < 4.78 is 38.9. The first-order valence-electron chi connectivity index (χ1n) is 10.3. The molecule has 0 radical (unpaired) electrons. The molecule has 0 aromatic heterocycles. The zero-order valence-corrected chi connectivity index (χ0v) is 18.0. The molecule has 164 valence electrons. The molecule has 30 heavy (non-hydrogen) atoms. The second-order valence-electron chi connectivity index (χ2n) is 7.98. The zero-order chi connectivity index (χ0) is 21.5. The number of anilines is 1. The number of aryl methyl sites for hydroxylation is 1. The number of nitrogens with one attached hydrogen (secondary N) is 1. The fourth-order valence-electron chi connectivity index (χ4n) is 4.14. The van der Waals surface area contributed by atoms with Crippen LogP contribution in [0.4, 0.5) is 5.69 Å². The molecular weight excluding hydrogens is 410 g/mol. The first-order valence-corrected chi connectivity index (χ1v) is 11.7. The van der Waals surface area contributed by atoms with Gasteiger partial charge in [-0.3, -0.25) is 9.59 Å². The van der Waals surface area contributed by atoms with Gasteiger partial charge in [0.1, 0.15) is 5.75 Å². The van der Waals surface area contributed by atoms with Gasteiger partial charge in [-0.15, -0.1) is 0 Å². The van der Waals surface area contributed by atoms with Crippen LogP contribution >= 0.6 is 0 Å². The Morgan fingerprint density at radius 3 is 2.47 bits per heavy atom. The Morgan fingerprint density at radius 2 is 1.80 bits per heavy atom. The summed E-state index contributed by atoms with van der Waals surface area (Å²) in [7, 11) is -3.74. The van der Waals surface area contributed by atoms with Gasteiger partial charge in [-0.2, -0.15) is 4.31 Å². The number of benzene rings is 1. The average molecular weight is 438 g/mol. The molecule has 2 amide bonds. The number of carbonyl (C=O) groups is 2. The van der Waals surface area contributed by atoms with E-state index in [1.54, 1.807) is 19.9 Å². The van der Waals surface area contributed by atoms with Crippen LogP contribution in [0.2, 0.25) is 0 Å². The SMILES string of the molecule is Cc1cc2c(cc1S(=O)(=O)N1CCC(C(=O)N3CCOCC3)CC1)OC(C)C(=O)N2. The Morgan fingerprint density at radius 1 is 1.13 bits per heavy atom. The van der Waals surface area contributed by atoms with Crippen molar-refractivity contribution < 1.29 is 27.5 Å². The molecule has 1 aromatic carbocycles. The lowest BCUT2D eigenvalue weighted by molar-refractivity contribution is -0.140. The number of ether oxygens (including phenoxy) is 2. The number of sulfonamides is 1. The van der Waals surface area contributed by atoms with Gasteiger partial charge in [0.2, 0.25) is 15.9 Å². The number of hydrogen-bond acceptors (Lipinski definition) is 6. The van der Waals surface area contributed by atoms with Crippen LogP contribution in [0.1, 0.15) is 25.3 Å². The van der Waals surface area contributed by atoms with Crippen LogP contribution in [0.5, 0.6) is 5.75 Å². The molecule has 3 aliphatic rings. The zero-order valence-electron chi connectivity index (χ0n) is 17.2. The minimum absolute atomic E-state index is 0.0958. The summed E-state index contributed by atoms with van der Waals surface area (Å²) in [6.07, 6.45) is 0.323. The van der Waals surface area contributed by atoms with Gasteiger partial charge in [0, 0.05) is 38.2 Å². The van der Waals surface area contributed by atoms with Crippen LogP contribution in [0, 0.1) is 12.8 Å². The first-order chi connectivity index (χ1) is 14.3. The second-order valence-corrected chi connectivity index (χ2v) is 9.89. The largest absolute Gasteiger partial charge is 0.479 e. The molecule has 0 aliphatic carbocycles. The summed E-state index contributed by atoms with van der Waals surface area (Å²) in [4.78, 5) is 26.5. The monoisotopic (exact) mass is 437 g/mol. The molecular formula is C20H27N3O6S. The summed E-state index contributed by atoms with van der Waals surface area (Å²) in [5, 5.41) is 2.73. The van der Waals surface area contributed by atoms with Gasteiger partial charge in [0.05, 0.1) is 23.8 Å². The second kappa shape index (κ2) is 8.16. The van der Waals surface area contributed by atoms with Crippen LogP contribution in [-0.2, 0) is 24.3 Å². The Labute approximate surface area is 176 Å². The third-order valence-corrected chi connectivity index (χ3v) is 7.99. The fourth-order valence-corrected chi connectivity index (χ4v) is 5.84. The maximum atomic E-state index is 13.3. The maximum Gasteiger partial charge on any atom is 0.265 e. The number of morpholine rings is 1. The fraction of sp³-hybridized carbons (Fsp3) is 0.600. The van der Waals surface area contributed by atoms with E-state index in [1.165, 1.54) is 10.4 Å². The van der Waals surface area contributed by atoms with E-state index in [2.05, 4.69) is 5.32 Å². The Hall–Kier alpha value is -2.17. The van der Waals surface area contributed by atoms with E-state index >= 15 is 0 Å². The van der Waals surface area contributed by atoms with Crippen LogP contribution in [0.15, 0.2) is 17.0 Å². The number of carbonyl (C=O) groups excluding carboxylic acids is 2. The van der Waals surface area contributed by atoms with E-state index in [4.69, 9.17) is 9.47 Å². The van der Waals surface area contributed by atoms with Crippen LogP contribution < -0.4 is 10.1 Å². The highest BCUT2D eigenvalue weighted by atomic mass is 32.2. The quantitative estimate of drug-likeness (QED) is 0.756. The number of hydrogen-bond donors (Lipinski definition) is 1. The molecule has 1 unspecified atom stereocenters. The summed E-state index contributed by atoms with van der Waals surface area (Å²) >= 11 is 0. The van der Waals surface area contributed by atoms with E-state index in [1.807, 2.05) is 4.90 Å². The van der Waals surface area contributed by atoms with Gasteiger partial charge in [-0.25, -0.2) is 8.42 Å². The smallest absolute Gasteiger partial charge is 0.265 e. The molecule has 3 aliphatic heterocycles. The lowest BCUT2D eigenvalue weighted by atomic mass is 9.96. The van der Waals surface area contributed by atoms with E-state index in [0.717, 1.165) is 0 Å². The van der Waals surface area contributed by atoms with Gasteiger partial charge in [-0.1, -0.05) is 0 Å². The molecule has 10 heteroatoms. The molecule has 3 heterocycles. The molecule has 0 bridgehead atoms. The molecule has 4 rings (SSSR count).